The van der Waals surface area contributed by atoms with Crippen LogP contribution in [0.25, 0.3) is 5.65 Å². The number of rotatable bonds is 3. The van der Waals surface area contributed by atoms with Crippen LogP contribution in [-0.2, 0) is 6.54 Å². The molecule has 5 nitrogen and oxygen atoms in total. The van der Waals surface area contributed by atoms with Gasteiger partial charge in [0.2, 0.25) is 0 Å². The SMILES string of the molecule is N#Cc1cnn2cc(CN3CCC(c4ccccc4Br)CC3)cnc12. The minimum Gasteiger partial charge on any atom is -0.299 e. The molecular formula is C19H18BrN5. The summed E-state index contributed by atoms with van der Waals surface area (Å²) >= 11 is 3.68. The fourth-order valence-corrected chi connectivity index (χ4v) is 4.15. The normalized spacial score (nSPS) is 16.2. The maximum atomic E-state index is 9.04. The van der Waals surface area contributed by atoms with E-state index in [4.69, 9.17) is 5.26 Å². The Morgan fingerprint density at radius 2 is 2.00 bits per heavy atom. The Hall–Kier alpha value is -2.23. The van der Waals surface area contributed by atoms with Gasteiger partial charge < -0.3 is 0 Å². The van der Waals surface area contributed by atoms with Crippen LogP contribution in [-0.4, -0.2) is 32.6 Å². The van der Waals surface area contributed by atoms with Gasteiger partial charge in [0, 0.05) is 29.0 Å². The van der Waals surface area contributed by atoms with Gasteiger partial charge in [-0.3, -0.25) is 4.90 Å². The van der Waals surface area contributed by atoms with Crippen LogP contribution in [0.1, 0.15) is 35.4 Å². The van der Waals surface area contributed by atoms with Gasteiger partial charge in [-0.15, -0.1) is 0 Å². The van der Waals surface area contributed by atoms with Crippen LogP contribution in [0.3, 0.4) is 0 Å². The second-order valence-electron chi connectivity index (χ2n) is 6.47. The molecule has 1 aliphatic heterocycles. The third kappa shape index (κ3) is 3.30. The fourth-order valence-electron chi connectivity index (χ4n) is 3.54. The van der Waals surface area contributed by atoms with Crippen LogP contribution in [0, 0.1) is 11.3 Å². The fraction of sp³-hybridized carbons (Fsp3) is 0.316. The Morgan fingerprint density at radius 1 is 1.20 bits per heavy atom. The molecule has 0 N–H and O–H groups in total. The van der Waals surface area contributed by atoms with E-state index < -0.39 is 0 Å². The van der Waals surface area contributed by atoms with E-state index in [0.29, 0.717) is 17.1 Å². The standard InChI is InChI=1S/C19H18BrN5/c20-18-4-2-1-3-17(18)15-5-7-24(8-6-15)12-14-10-22-19-16(9-21)11-23-25(19)13-14/h1-4,10-11,13,15H,5-8,12H2. The van der Waals surface area contributed by atoms with Crippen molar-refractivity contribution in [2.45, 2.75) is 25.3 Å². The number of piperidine rings is 1. The molecule has 1 fully saturated rings. The van der Waals surface area contributed by atoms with Crippen LogP contribution in [0.5, 0.6) is 0 Å². The number of halogens is 1. The molecule has 0 atom stereocenters. The lowest BCUT2D eigenvalue weighted by Crippen LogP contribution is -2.32. The molecule has 25 heavy (non-hydrogen) atoms. The zero-order chi connectivity index (χ0) is 17.2. The van der Waals surface area contributed by atoms with Gasteiger partial charge in [0.1, 0.15) is 11.6 Å². The second kappa shape index (κ2) is 6.95. The van der Waals surface area contributed by atoms with E-state index in [9.17, 15) is 0 Å². The first-order valence-corrected chi connectivity index (χ1v) is 9.23. The number of aromatic nitrogens is 3. The predicted molar refractivity (Wildman–Crippen MR) is 99.1 cm³/mol. The minimum atomic E-state index is 0.515. The van der Waals surface area contributed by atoms with E-state index in [0.717, 1.165) is 25.2 Å². The molecule has 0 spiro atoms. The molecule has 3 aromatic rings. The summed E-state index contributed by atoms with van der Waals surface area (Å²) in [6.45, 7) is 3.02. The second-order valence-corrected chi connectivity index (χ2v) is 7.33. The van der Waals surface area contributed by atoms with Crippen molar-refractivity contribution in [1.29, 1.82) is 5.26 Å². The lowest BCUT2D eigenvalue weighted by Gasteiger charge is -2.32. The molecule has 4 rings (SSSR count). The van der Waals surface area contributed by atoms with E-state index in [-0.39, 0.29) is 0 Å². The average Bonchev–Trinajstić information content (AvgIpc) is 3.05. The van der Waals surface area contributed by atoms with Gasteiger partial charge in [0.15, 0.2) is 5.65 Å². The van der Waals surface area contributed by atoms with Crippen molar-refractivity contribution >= 4 is 21.6 Å². The van der Waals surface area contributed by atoms with E-state index in [2.05, 4.69) is 61.2 Å². The molecule has 126 valence electrons. The Bertz CT molecular complexity index is 934. The summed E-state index contributed by atoms with van der Waals surface area (Å²) in [4.78, 5) is 6.86. The number of likely N-dealkylation sites (tertiary alicyclic amines) is 1. The van der Waals surface area contributed by atoms with E-state index in [1.807, 2.05) is 12.4 Å². The molecule has 0 saturated carbocycles. The zero-order valence-corrected chi connectivity index (χ0v) is 15.4. The number of hydrogen-bond acceptors (Lipinski definition) is 4. The van der Waals surface area contributed by atoms with Crippen LogP contribution in [0.2, 0.25) is 0 Å². The van der Waals surface area contributed by atoms with Crippen molar-refractivity contribution in [3.63, 3.8) is 0 Å². The first kappa shape index (κ1) is 16.2. The Kier molecular flexibility index (Phi) is 4.51. The smallest absolute Gasteiger partial charge is 0.172 e. The van der Waals surface area contributed by atoms with Crippen LogP contribution >= 0.6 is 15.9 Å². The summed E-state index contributed by atoms with van der Waals surface area (Å²) in [6, 6.07) is 10.7. The average molecular weight is 396 g/mol. The number of fused-ring (bicyclic) bond motifs is 1. The quantitative estimate of drug-likeness (QED) is 0.677. The van der Waals surface area contributed by atoms with Crippen LogP contribution in [0.4, 0.5) is 0 Å². The van der Waals surface area contributed by atoms with Gasteiger partial charge in [0.05, 0.1) is 6.20 Å². The van der Waals surface area contributed by atoms with Gasteiger partial charge in [-0.2, -0.15) is 10.4 Å². The molecule has 6 heteroatoms. The van der Waals surface area contributed by atoms with Gasteiger partial charge >= 0.3 is 0 Å². The Balaban J connectivity index is 1.42. The molecule has 0 bridgehead atoms. The molecule has 0 radical (unpaired) electrons. The number of benzene rings is 1. The third-order valence-electron chi connectivity index (χ3n) is 4.87. The van der Waals surface area contributed by atoms with Gasteiger partial charge in [-0.05, 0) is 43.5 Å². The monoisotopic (exact) mass is 395 g/mol. The lowest BCUT2D eigenvalue weighted by molar-refractivity contribution is 0.204. The van der Waals surface area contributed by atoms with Gasteiger partial charge in [0.25, 0.3) is 0 Å². The van der Waals surface area contributed by atoms with Crippen molar-refractivity contribution in [3.05, 3.63) is 64.0 Å². The lowest BCUT2D eigenvalue weighted by atomic mass is 9.89. The topological polar surface area (TPSA) is 57.2 Å². The first-order valence-electron chi connectivity index (χ1n) is 8.44. The highest BCUT2D eigenvalue weighted by Gasteiger charge is 2.22. The summed E-state index contributed by atoms with van der Waals surface area (Å²) < 4.78 is 2.91. The van der Waals surface area contributed by atoms with E-state index in [1.54, 1.807) is 10.7 Å². The first-order chi connectivity index (χ1) is 12.2. The van der Waals surface area contributed by atoms with Gasteiger partial charge in [-0.25, -0.2) is 9.50 Å². The minimum absolute atomic E-state index is 0.515. The van der Waals surface area contributed by atoms with Crippen molar-refractivity contribution in [1.82, 2.24) is 19.5 Å². The molecule has 2 aromatic heterocycles. The Morgan fingerprint density at radius 3 is 2.76 bits per heavy atom. The summed E-state index contributed by atoms with van der Waals surface area (Å²) in [5.74, 6) is 0.622. The largest absolute Gasteiger partial charge is 0.299 e. The number of nitriles is 1. The summed E-state index contributed by atoms with van der Waals surface area (Å²) in [7, 11) is 0. The highest BCUT2D eigenvalue weighted by Crippen LogP contribution is 2.33. The maximum absolute atomic E-state index is 9.04. The third-order valence-corrected chi connectivity index (χ3v) is 5.59. The van der Waals surface area contributed by atoms with Crippen molar-refractivity contribution < 1.29 is 0 Å². The number of hydrogen-bond donors (Lipinski definition) is 0. The maximum Gasteiger partial charge on any atom is 0.172 e. The Labute approximate surface area is 155 Å². The van der Waals surface area contributed by atoms with Crippen molar-refractivity contribution in [2.24, 2.45) is 0 Å². The highest BCUT2D eigenvalue weighted by atomic mass is 79.9. The van der Waals surface area contributed by atoms with Crippen LogP contribution in [0.15, 0.2) is 47.3 Å². The van der Waals surface area contributed by atoms with E-state index in [1.165, 1.54) is 22.9 Å². The summed E-state index contributed by atoms with van der Waals surface area (Å²) in [5.41, 5.74) is 3.69. The molecule has 1 aromatic carbocycles. The molecule has 1 saturated heterocycles. The molecule has 0 amide bonds. The molecule has 0 unspecified atom stereocenters. The molecule has 0 aliphatic carbocycles. The van der Waals surface area contributed by atoms with Crippen molar-refractivity contribution in [2.75, 3.05) is 13.1 Å². The predicted octanol–water partition coefficient (Wildman–Crippen LogP) is 3.74. The van der Waals surface area contributed by atoms with Gasteiger partial charge in [-0.1, -0.05) is 34.1 Å². The molecule has 1 aliphatic rings. The zero-order valence-electron chi connectivity index (χ0n) is 13.8. The van der Waals surface area contributed by atoms with Crippen LogP contribution < -0.4 is 0 Å². The van der Waals surface area contributed by atoms with Crippen molar-refractivity contribution in [3.8, 4) is 6.07 Å². The van der Waals surface area contributed by atoms with E-state index >= 15 is 0 Å². The molecular weight excluding hydrogens is 378 g/mol. The number of nitrogens with zero attached hydrogens (tertiary/aromatic N) is 5. The highest BCUT2D eigenvalue weighted by molar-refractivity contribution is 9.10. The molecule has 3 heterocycles. The summed E-state index contributed by atoms with van der Waals surface area (Å²) in [5, 5.41) is 13.3. The summed E-state index contributed by atoms with van der Waals surface area (Å²) in [6.07, 6.45) is 7.73.